The summed E-state index contributed by atoms with van der Waals surface area (Å²) in [5, 5.41) is 0.379. The van der Waals surface area contributed by atoms with Gasteiger partial charge >= 0.3 is 0 Å². The van der Waals surface area contributed by atoms with Crippen LogP contribution in [-0.4, -0.2) is 27.4 Å². The molecule has 3 nitrogen and oxygen atoms in total. The Morgan fingerprint density at radius 2 is 2.12 bits per heavy atom. The van der Waals surface area contributed by atoms with Gasteiger partial charge in [0.05, 0.1) is 32.8 Å². The number of fused-ring (bicyclic) bond motifs is 1. The van der Waals surface area contributed by atoms with Crippen molar-refractivity contribution >= 4 is 23.2 Å². The number of halogens is 2. The molecule has 1 aliphatic heterocycles. The third kappa shape index (κ3) is 2.32. The SMILES string of the molecule is COc1cc(Cl)c2c(c1OC)C(Cl)COCC2. The maximum absolute atomic E-state index is 6.32. The molecule has 1 aromatic carbocycles. The van der Waals surface area contributed by atoms with Crippen molar-refractivity contribution in [3.05, 3.63) is 22.2 Å². The highest BCUT2D eigenvalue weighted by Gasteiger charge is 2.26. The third-order valence-electron chi connectivity index (χ3n) is 2.84. The van der Waals surface area contributed by atoms with E-state index in [0.717, 1.165) is 17.5 Å². The number of rotatable bonds is 2. The molecule has 94 valence electrons. The molecule has 1 aliphatic rings. The molecule has 0 spiro atoms. The highest BCUT2D eigenvalue weighted by molar-refractivity contribution is 6.32. The van der Waals surface area contributed by atoms with Gasteiger partial charge < -0.3 is 14.2 Å². The van der Waals surface area contributed by atoms with E-state index in [1.807, 2.05) is 0 Å². The number of hydrogen-bond acceptors (Lipinski definition) is 3. The quantitative estimate of drug-likeness (QED) is 0.777. The summed E-state index contributed by atoms with van der Waals surface area (Å²) in [6.07, 6.45) is 0.734. The lowest BCUT2D eigenvalue weighted by Gasteiger charge is -2.18. The van der Waals surface area contributed by atoms with E-state index < -0.39 is 0 Å². The van der Waals surface area contributed by atoms with Crippen LogP contribution < -0.4 is 9.47 Å². The van der Waals surface area contributed by atoms with Gasteiger partial charge in [-0.3, -0.25) is 0 Å². The zero-order valence-corrected chi connectivity index (χ0v) is 11.3. The molecule has 5 heteroatoms. The standard InChI is InChI=1S/C12H14Cl2O3/c1-15-10-5-8(13)7-3-4-17-6-9(14)11(7)12(10)16-2/h5,9H,3-4,6H2,1-2H3. The Balaban J connectivity index is 2.64. The highest BCUT2D eigenvalue weighted by Crippen LogP contribution is 2.44. The smallest absolute Gasteiger partial charge is 0.165 e. The second-order valence-electron chi connectivity index (χ2n) is 3.78. The van der Waals surface area contributed by atoms with Crippen molar-refractivity contribution in [2.75, 3.05) is 27.4 Å². The lowest BCUT2D eigenvalue weighted by molar-refractivity contribution is 0.143. The second-order valence-corrected chi connectivity index (χ2v) is 4.71. The molecule has 1 atom stereocenters. The molecule has 0 aromatic heterocycles. The lowest BCUT2D eigenvalue weighted by Crippen LogP contribution is -2.04. The normalized spacial score (nSPS) is 19.4. The summed E-state index contributed by atoms with van der Waals surface area (Å²) < 4.78 is 16.1. The molecule has 0 radical (unpaired) electrons. The van der Waals surface area contributed by atoms with Crippen LogP contribution in [0.1, 0.15) is 16.5 Å². The van der Waals surface area contributed by atoms with Crippen LogP contribution >= 0.6 is 23.2 Å². The minimum absolute atomic E-state index is 0.268. The third-order valence-corrected chi connectivity index (χ3v) is 3.52. The second kappa shape index (κ2) is 5.34. The minimum Gasteiger partial charge on any atom is -0.493 e. The molecule has 0 aliphatic carbocycles. The van der Waals surface area contributed by atoms with Crippen molar-refractivity contribution < 1.29 is 14.2 Å². The zero-order valence-electron chi connectivity index (χ0n) is 9.76. The van der Waals surface area contributed by atoms with Gasteiger partial charge in [-0.05, 0) is 12.0 Å². The monoisotopic (exact) mass is 276 g/mol. The van der Waals surface area contributed by atoms with E-state index in [9.17, 15) is 0 Å². The molecular formula is C12H14Cl2O3. The van der Waals surface area contributed by atoms with E-state index >= 15 is 0 Å². The first-order valence-electron chi connectivity index (χ1n) is 5.34. The van der Waals surface area contributed by atoms with Gasteiger partial charge in [0.1, 0.15) is 0 Å². The van der Waals surface area contributed by atoms with E-state index in [1.54, 1.807) is 20.3 Å². The summed E-state index contributed by atoms with van der Waals surface area (Å²) >= 11 is 12.6. The molecule has 1 aromatic rings. The predicted octanol–water partition coefficient (Wildman–Crippen LogP) is 3.21. The molecule has 0 amide bonds. The largest absolute Gasteiger partial charge is 0.493 e. The Labute approximate surface area is 111 Å². The van der Waals surface area contributed by atoms with E-state index in [-0.39, 0.29) is 5.38 Å². The minimum atomic E-state index is -0.268. The van der Waals surface area contributed by atoms with Crippen LogP contribution in [0.5, 0.6) is 11.5 Å². The van der Waals surface area contributed by atoms with Crippen LogP contribution in [0.2, 0.25) is 5.02 Å². The lowest BCUT2D eigenvalue weighted by atomic mass is 10.0. The zero-order chi connectivity index (χ0) is 12.4. The van der Waals surface area contributed by atoms with E-state index in [4.69, 9.17) is 37.4 Å². The summed E-state index contributed by atoms with van der Waals surface area (Å²) in [7, 11) is 3.18. The maximum Gasteiger partial charge on any atom is 0.165 e. The summed E-state index contributed by atoms with van der Waals surface area (Å²) in [6, 6.07) is 1.76. The first kappa shape index (κ1) is 12.8. The van der Waals surface area contributed by atoms with Crippen molar-refractivity contribution in [1.82, 2.24) is 0 Å². The topological polar surface area (TPSA) is 27.7 Å². The van der Waals surface area contributed by atoms with Gasteiger partial charge in [-0.1, -0.05) is 11.6 Å². The molecule has 0 N–H and O–H groups in total. The predicted molar refractivity (Wildman–Crippen MR) is 67.7 cm³/mol. The van der Waals surface area contributed by atoms with E-state index in [1.165, 1.54) is 0 Å². The summed E-state index contributed by atoms with van der Waals surface area (Å²) in [6.45, 7) is 1.07. The van der Waals surface area contributed by atoms with Crippen LogP contribution in [0.15, 0.2) is 6.07 Å². The first-order chi connectivity index (χ1) is 8.19. The number of methoxy groups -OCH3 is 2. The Bertz CT molecular complexity index is 421. The van der Waals surface area contributed by atoms with E-state index in [0.29, 0.717) is 29.7 Å². The Morgan fingerprint density at radius 1 is 1.35 bits per heavy atom. The maximum atomic E-state index is 6.32. The van der Waals surface area contributed by atoms with Crippen molar-refractivity contribution in [2.45, 2.75) is 11.8 Å². The summed E-state index contributed by atoms with van der Waals surface area (Å²) in [5.74, 6) is 1.25. The fourth-order valence-corrected chi connectivity index (χ4v) is 2.67. The summed E-state index contributed by atoms with van der Waals surface area (Å²) in [4.78, 5) is 0. The molecule has 0 saturated heterocycles. The fraction of sp³-hybridized carbons (Fsp3) is 0.500. The van der Waals surface area contributed by atoms with Crippen LogP contribution in [0, 0.1) is 0 Å². The summed E-state index contributed by atoms with van der Waals surface area (Å²) in [5.41, 5.74) is 1.87. The van der Waals surface area contributed by atoms with Gasteiger partial charge in [0.15, 0.2) is 11.5 Å². The molecule has 1 heterocycles. The van der Waals surface area contributed by atoms with Crippen LogP contribution in [0.25, 0.3) is 0 Å². The fourth-order valence-electron chi connectivity index (χ4n) is 2.06. The van der Waals surface area contributed by atoms with Crippen LogP contribution in [-0.2, 0) is 11.2 Å². The van der Waals surface area contributed by atoms with Crippen molar-refractivity contribution in [3.63, 3.8) is 0 Å². The molecular weight excluding hydrogens is 263 g/mol. The number of hydrogen-bond donors (Lipinski definition) is 0. The molecule has 0 bridgehead atoms. The molecule has 17 heavy (non-hydrogen) atoms. The Kier molecular flexibility index (Phi) is 4.02. The molecule has 0 fully saturated rings. The van der Waals surface area contributed by atoms with Gasteiger partial charge in [0.2, 0.25) is 0 Å². The van der Waals surface area contributed by atoms with Gasteiger partial charge in [0, 0.05) is 16.7 Å². The molecule has 0 saturated carbocycles. The highest BCUT2D eigenvalue weighted by atomic mass is 35.5. The average molecular weight is 277 g/mol. The van der Waals surface area contributed by atoms with E-state index in [2.05, 4.69) is 0 Å². The molecule has 2 rings (SSSR count). The van der Waals surface area contributed by atoms with Gasteiger partial charge in [-0.15, -0.1) is 11.6 Å². The van der Waals surface area contributed by atoms with Crippen molar-refractivity contribution in [2.24, 2.45) is 0 Å². The number of alkyl halides is 1. The Hall–Kier alpha value is -0.640. The van der Waals surface area contributed by atoms with Crippen LogP contribution in [0.3, 0.4) is 0 Å². The first-order valence-corrected chi connectivity index (χ1v) is 6.15. The van der Waals surface area contributed by atoms with Gasteiger partial charge in [-0.2, -0.15) is 0 Å². The van der Waals surface area contributed by atoms with Gasteiger partial charge in [0.25, 0.3) is 0 Å². The van der Waals surface area contributed by atoms with Crippen molar-refractivity contribution in [3.8, 4) is 11.5 Å². The number of ether oxygens (including phenoxy) is 3. The average Bonchev–Trinajstić information content (AvgIpc) is 2.52. The van der Waals surface area contributed by atoms with Crippen LogP contribution in [0.4, 0.5) is 0 Å². The van der Waals surface area contributed by atoms with Gasteiger partial charge in [-0.25, -0.2) is 0 Å². The number of benzene rings is 1. The Morgan fingerprint density at radius 3 is 2.76 bits per heavy atom. The molecule has 1 unspecified atom stereocenters. The van der Waals surface area contributed by atoms with Crippen molar-refractivity contribution in [1.29, 1.82) is 0 Å².